The van der Waals surface area contributed by atoms with E-state index in [1.165, 1.54) is 18.3 Å². The number of ether oxygens (including phenoxy) is 1. The number of hydrogen-bond acceptors (Lipinski definition) is 7. The van der Waals surface area contributed by atoms with E-state index in [-0.39, 0.29) is 52.9 Å². The molecule has 0 saturated carbocycles. The third kappa shape index (κ3) is 5.25. The first-order chi connectivity index (χ1) is 21.6. The Morgan fingerprint density at radius 3 is 2.73 bits per heavy atom. The predicted octanol–water partition coefficient (Wildman–Crippen LogP) is 5.58. The molecule has 2 aromatic heterocycles. The van der Waals surface area contributed by atoms with Crippen LogP contribution in [-0.2, 0) is 4.79 Å². The minimum absolute atomic E-state index is 0.00554. The van der Waals surface area contributed by atoms with Gasteiger partial charge in [-0.05, 0) is 64.2 Å². The Labute approximate surface area is 261 Å². The topological polar surface area (TPSA) is 74.7 Å². The van der Waals surface area contributed by atoms with Crippen LogP contribution < -0.4 is 9.64 Å². The maximum Gasteiger partial charge on any atom is 0.319 e. The summed E-state index contributed by atoms with van der Waals surface area (Å²) < 4.78 is 37.9. The number of hydrogen-bond donors (Lipinski definition) is 0. The van der Waals surface area contributed by atoms with Gasteiger partial charge in [-0.15, -0.1) is 6.42 Å². The van der Waals surface area contributed by atoms with Crippen LogP contribution in [0.5, 0.6) is 6.01 Å². The van der Waals surface area contributed by atoms with E-state index in [0.29, 0.717) is 40.5 Å². The van der Waals surface area contributed by atoms with Crippen molar-refractivity contribution in [2.75, 3.05) is 32.1 Å². The number of carbonyl (C=O) groups is 1. The minimum Gasteiger partial charge on any atom is -0.459 e. The quantitative estimate of drug-likeness (QED) is 0.200. The Kier molecular flexibility index (Phi) is 8.14. The minimum atomic E-state index is -0.692. The number of terminal acetylenes is 1. The van der Waals surface area contributed by atoms with Crippen molar-refractivity contribution in [1.29, 1.82) is 0 Å². The van der Waals surface area contributed by atoms with Gasteiger partial charge in [-0.1, -0.05) is 36.8 Å². The monoisotopic (exact) mass is 610 g/mol. The Morgan fingerprint density at radius 2 is 2.02 bits per heavy atom. The fourth-order valence-electron chi connectivity index (χ4n) is 7.02. The van der Waals surface area contributed by atoms with Gasteiger partial charge < -0.3 is 14.5 Å². The number of likely N-dealkylation sites (tertiary alicyclic amines) is 2. The van der Waals surface area contributed by atoms with Gasteiger partial charge in [-0.2, -0.15) is 9.97 Å². The zero-order valence-electron chi connectivity index (χ0n) is 25.9. The van der Waals surface area contributed by atoms with Crippen LogP contribution in [-0.4, -0.2) is 82.1 Å². The van der Waals surface area contributed by atoms with Gasteiger partial charge in [0.05, 0.1) is 17.0 Å². The molecule has 6 rings (SSSR count). The Balaban J connectivity index is 1.51. The van der Waals surface area contributed by atoms with Crippen molar-refractivity contribution in [3.63, 3.8) is 0 Å². The van der Waals surface area contributed by atoms with Gasteiger partial charge in [0.2, 0.25) is 5.91 Å². The average Bonchev–Trinajstić information content (AvgIpc) is 3.65. The van der Waals surface area contributed by atoms with E-state index in [0.717, 1.165) is 19.4 Å². The lowest BCUT2D eigenvalue weighted by atomic mass is 9.96. The lowest BCUT2D eigenvalue weighted by Crippen LogP contribution is -2.44. The number of benzene rings is 2. The molecule has 1 amide bonds. The molecule has 2 fully saturated rings. The van der Waals surface area contributed by atoms with E-state index in [1.807, 2.05) is 25.8 Å². The molecule has 0 aliphatic carbocycles. The molecular formula is C35H36F2N6O2. The van der Waals surface area contributed by atoms with Crippen LogP contribution in [0.2, 0.25) is 0 Å². The first kappa shape index (κ1) is 30.4. The van der Waals surface area contributed by atoms with Crippen molar-refractivity contribution >= 4 is 33.4 Å². The number of pyridine rings is 1. The highest BCUT2D eigenvalue weighted by atomic mass is 19.1. The molecule has 2 aliphatic heterocycles. The van der Waals surface area contributed by atoms with Crippen molar-refractivity contribution in [3.05, 3.63) is 66.4 Å². The van der Waals surface area contributed by atoms with Gasteiger partial charge in [0.1, 0.15) is 28.9 Å². The van der Waals surface area contributed by atoms with Crippen molar-refractivity contribution in [2.24, 2.45) is 0 Å². The summed E-state index contributed by atoms with van der Waals surface area (Å²) in [5.41, 5.74) is 0.423. The summed E-state index contributed by atoms with van der Waals surface area (Å²) in [6.45, 7) is 9.12. The highest BCUT2D eigenvalue weighted by Gasteiger charge is 2.37. The number of amides is 1. The number of likely N-dealkylation sites (N-methyl/N-ethyl adjacent to an activating group) is 2. The van der Waals surface area contributed by atoms with Gasteiger partial charge in [0.15, 0.2) is 5.82 Å². The molecule has 4 aromatic rings. The highest BCUT2D eigenvalue weighted by Crippen LogP contribution is 2.38. The van der Waals surface area contributed by atoms with E-state index in [9.17, 15) is 9.18 Å². The van der Waals surface area contributed by atoms with Crippen LogP contribution in [0.3, 0.4) is 0 Å². The zero-order valence-corrected chi connectivity index (χ0v) is 25.9. The average molecular weight is 611 g/mol. The number of anilines is 1. The first-order valence-electron chi connectivity index (χ1n) is 15.2. The van der Waals surface area contributed by atoms with Gasteiger partial charge >= 0.3 is 6.01 Å². The second-order valence-corrected chi connectivity index (χ2v) is 11.9. The predicted molar refractivity (Wildman–Crippen MR) is 172 cm³/mol. The lowest BCUT2D eigenvalue weighted by Gasteiger charge is -2.32. The summed E-state index contributed by atoms with van der Waals surface area (Å²) in [5, 5.41) is 1.46. The van der Waals surface area contributed by atoms with E-state index in [1.54, 1.807) is 29.2 Å². The Bertz CT molecular complexity index is 1860. The molecule has 0 unspecified atom stereocenters. The van der Waals surface area contributed by atoms with Crippen LogP contribution in [0, 0.1) is 24.0 Å². The number of fused-ring (bicyclic) bond motifs is 2. The zero-order chi connectivity index (χ0) is 32.0. The molecular weight excluding hydrogens is 574 g/mol. The lowest BCUT2D eigenvalue weighted by molar-refractivity contribution is -0.126. The summed E-state index contributed by atoms with van der Waals surface area (Å²) >= 11 is 0. The van der Waals surface area contributed by atoms with Crippen LogP contribution in [0.1, 0.15) is 38.7 Å². The van der Waals surface area contributed by atoms with Gasteiger partial charge in [0.25, 0.3) is 0 Å². The van der Waals surface area contributed by atoms with Crippen molar-refractivity contribution < 1.29 is 18.3 Å². The summed E-state index contributed by atoms with van der Waals surface area (Å²) in [7, 11) is 3.94. The molecule has 8 nitrogen and oxygen atoms in total. The largest absolute Gasteiger partial charge is 0.459 e. The SMILES string of the molecule is C#Cc1c(F)ccc2cccc(-c3ncc4c(N(C)[C@@H]5CCN(C(=O)C=C)[C@@H]5C)nc(O[C@@H](C)[C@@H]5CCCN5C)nc4c3F)c12. The number of aromatic nitrogens is 3. The fourth-order valence-corrected chi connectivity index (χ4v) is 7.02. The van der Waals surface area contributed by atoms with Gasteiger partial charge in [0, 0.05) is 42.8 Å². The summed E-state index contributed by atoms with van der Waals surface area (Å²) in [6, 6.07) is 8.10. The molecule has 2 aliphatic rings. The Morgan fingerprint density at radius 1 is 1.22 bits per heavy atom. The molecule has 0 N–H and O–H groups in total. The smallest absolute Gasteiger partial charge is 0.319 e. The maximum absolute atomic E-state index is 16.8. The highest BCUT2D eigenvalue weighted by molar-refractivity contribution is 6.02. The molecule has 0 spiro atoms. The van der Waals surface area contributed by atoms with Crippen molar-refractivity contribution in [2.45, 2.75) is 57.3 Å². The molecule has 2 aromatic carbocycles. The second-order valence-electron chi connectivity index (χ2n) is 11.9. The third-order valence-electron chi connectivity index (χ3n) is 9.45. The van der Waals surface area contributed by atoms with Gasteiger partial charge in [-0.3, -0.25) is 14.7 Å². The van der Waals surface area contributed by atoms with Crippen LogP contribution >= 0.6 is 0 Å². The summed E-state index contributed by atoms with van der Waals surface area (Å²) in [4.78, 5) is 32.4. The van der Waals surface area contributed by atoms with Crippen molar-refractivity contribution in [3.8, 4) is 29.6 Å². The van der Waals surface area contributed by atoms with Crippen LogP contribution in [0.25, 0.3) is 32.9 Å². The molecule has 0 radical (unpaired) electrons. The van der Waals surface area contributed by atoms with E-state index >= 15 is 4.39 Å². The number of rotatable bonds is 7. The molecule has 0 bridgehead atoms. The standard InChI is InChI=1S/C35H36F2N6O2/c1-7-23-26(36)15-14-22-11-9-12-24(30(22)23)32-31(37)33-25(19-38-32)34(42(6)27-16-18-43(20(27)3)29(44)8-2)40-35(39-33)45-21(4)28-13-10-17-41(28)5/h1,8-9,11-12,14-15,19-21,27-28H,2,10,13,16-18H2,3-6H3/t20-,21+,27-,28+/m1/s1. The fraction of sp³-hybridized carbons (Fsp3) is 0.371. The molecule has 10 heteroatoms. The van der Waals surface area contributed by atoms with Crippen molar-refractivity contribution in [1.82, 2.24) is 24.8 Å². The summed E-state index contributed by atoms with van der Waals surface area (Å²) in [5.74, 6) is 1.47. The maximum atomic E-state index is 16.8. The third-order valence-corrected chi connectivity index (χ3v) is 9.45. The summed E-state index contributed by atoms with van der Waals surface area (Å²) in [6.07, 6.45) is 11.0. The second kappa shape index (κ2) is 12.1. The molecule has 4 atom stereocenters. The normalized spacial score (nSPS) is 20.8. The number of nitrogens with zero attached hydrogens (tertiary/aromatic N) is 6. The molecule has 232 valence electrons. The van der Waals surface area contributed by atoms with E-state index in [4.69, 9.17) is 16.1 Å². The Hall–Kier alpha value is -4.62. The number of halogens is 2. The van der Waals surface area contributed by atoms with Crippen LogP contribution in [0.4, 0.5) is 14.6 Å². The molecule has 2 saturated heterocycles. The molecule has 45 heavy (non-hydrogen) atoms. The van der Waals surface area contributed by atoms with Gasteiger partial charge in [-0.25, -0.2) is 8.78 Å². The van der Waals surface area contributed by atoms with Crippen LogP contribution in [0.15, 0.2) is 49.2 Å². The molecule has 4 heterocycles. The first-order valence-corrected chi connectivity index (χ1v) is 15.2. The van der Waals surface area contributed by atoms with E-state index in [2.05, 4.69) is 34.4 Å². The number of carbonyl (C=O) groups excluding carboxylic acids is 1. The van der Waals surface area contributed by atoms with E-state index < -0.39 is 11.6 Å².